The van der Waals surface area contributed by atoms with Crippen molar-refractivity contribution < 1.29 is 5.11 Å². The molecule has 108 valence electrons. The molecule has 4 nitrogen and oxygen atoms in total. The van der Waals surface area contributed by atoms with E-state index in [1.54, 1.807) is 0 Å². The SMILES string of the molecule is CCc1nn(CC)c(CC(O)c2cccc(C)n2)c1Br. The summed E-state index contributed by atoms with van der Waals surface area (Å²) >= 11 is 3.60. The van der Waals surface area contributed by atoms with E-state index in [1.807, 2.05) is 29.8 Å². The van der Waals surface area contributed by atoms with Crippen LogP contribution >= 0.6 is 15.9 Å². The fraction of sp³-hybridized carbons (Fsp3) is 0.467. The van der Waals surface area contributed by atoms with E-state index in [0.717, 1.165) is 34.5 Å². The zero-order valence-corrected chi connectivity index (χ0v) is 13.7. The van der Waals surface area contributed by atoms with Gasteiger partial charge in [0.25, 0.3) is 0 Å². The van der Waals surface area contributed by atoms with Crippen molar-refractivity contribution in [1.29, 1.82) is 0 Å². The van der Waals surface area contributed by atoms with Crippen molar-refractivity contribution >= 4 is 15.9 Å². The van der Waals surface area contributed by atoms with E-state index in [0.29, 0.717) is 12.1 Å². The van der Waals surface area contributed by atoms with Crippen LogP contribution in [0.1, 0.15) is 42.7 Å². The van der Waals surface area contributed by atoms with Gasteiger partial charge in [-0.3, -0.25) is 9.67 Å². The molecule has 0 aliphatic heterocycles. The maximum absolute atomic E-state index is 10.4. The maximum Gasteiger partial charge on any atom is 0.101 e. The van der Waals surface area contributed by atoms with Crippen molar-refractivity contribution in [2.45, 2.75) is 46.3 Å². The van der Waals surface area contributed by atoms with Gasteiger partial charge in [0.1, 0.15) is 6.10 Å². The second kappa shape index (κ2) is 6.50. The highest BCUT2D eigenvalue weighted by atomic mass is 79.9. The minimum absolute atomic E-state index is 0.512. The van der Waals surface area contributed by atoms with E-state index in [-0.39, 0.29) is 0 Å². The van der Waals surface area contributed by atoms with Crippen LogP contribution in [0.4, 0.5) is 0 Å². The topological polar surface area (TPSA) is 50.9 Å². The average Bonchev–Trinajstić information content (AvgIpc) is 2.75. The summed E-state index contributed by atoms with van der Waals surface area (Å²) in [5, 5.41) is 14.9. The lowest BCUT2D eigenvalue weighted by Gasteiger charge is -2.12. The molecule has 1 atom stereocenters. The Morgan fingerprint density at radius 1 is 1.35 bits per heavy atom. The molecule has 2 aromatic rings. The molecular weight excluding hydrogens is 318 g/mol. The fourth-order valence-electron chi connectivity index (χ4n) is 2.25. The minimum atomic E-state index is -0.613. The zero-order chi connectivity index (χ0) is 14.7. The number of aromatic nitrogens is 3. The highest BCUT2D eigenvalue weighted by molar-refractivity contribution is 9.10. The first-order chi connectivity index (χ1) is 9.56. The molecule has 2 rings (SSSR count). The summed E-state index contributed by atoms with van der Waals surface area (Å²) in [5.41, 5.74) is 3.68. The number of hydrogen-bond donors (Lipinski definition) is 1. The van der Waals surface area contributed by atoms with Crippen molar-refractivity contribution in [2.75, 3.05) is 0 Å². The third-order valence-electron chi connectivity index (χ3n) is 3.33. The van der Waals surface area contributed by atoms with Crippen molar-refractivity contribution in [3.63, 3.8) is 0 Å². The third kappa shape index (κ3) is 3.10. The van der Waals surface area contributed by atoms with Crippen molar-refractivity contribution in [3.05, 3.63) is 45.4 Å². The molecule has 0 aromatic carbocycles. The molecule has 0 spiro atoms. The lowest BCUT2D eigenvalue weighted by molar-refractivity contribution is 0.170. The number of aryl methyl sites for hydroxylation is 3. The van der Waals surface area contributed by atoms with Crippen LogP contribution < -0.4 is 0 Å². The van der Waals surface area contributed by atoms with E-state index in [4.69, 9.17) is 0 Å². The number of halogens is 1. The van der Waals surface area contributed by atoms with Gasteiger partial charge in [-0.25, -0.2) is 0 Å². The molecule has 2 aromatic heterocycles. The standard InChI is InChI=1S/C15H20BrN3O/c1-4-11-15(16)13(19(5-2)18-11)9-14(20)12-8-6-7-10(3)17-12/h6-8,14,20H,4-5,9H2,1-3H3. The Kier molecular flexibility index (Phi) is 4.94. The minimum Gasteiger partial charge on any atom is -0.386 e. The van der Waals surface area contributed by atoms with Crippen LogP contribution in [0, 0.1) is 6.92 Å². The van der Waals surface area contributed by atoms with Crippen LogP contribution in [-0.4, -0.2) is 19.9 Å². The van der Waals surface area contributed by atoms with E-state index >= 15 is 0 Å². The number of aliphatic hydroxyl groups is 1. The predicted octanol–water partition coefficient (Wildman–Crippen LogP) is 3.21. The maximum atomic E-state index is 10.4. The highest BCUT2D eigenvalue weighted by Gasteiger charge is 2.19. The molecule has 0 fully saturated rings. The van der Waals surface area contributed by atoms with E-state index in [9.17, 15) is 5.11 Å². The molecule has 20 heavy (non-hydrogen) atoms. The van der Waals surface area contributed by atoms with Crippen LogP contribution in [0.25, 0.3) is 0 Å². The van der Waals surface area contributed by atoms with Crippen molar-refractivity contribution in [2.24, 2.45) is 0 Å². The Morgan fingerprint density at radius 3 is 2.70 bits per heavy atom. The van der Waals surface area contributed by atoms with Crippen molar-refractivity contribution in [1.82, 2.24) is 14.8 Å². The van der Waals surface area contributed by atoms with Gasteiger partial charge >= 0.3 is 0 Å². The van der Waals surface area contributed by atoms with Crippen molar-refractivity contribution in [3.8, 4) is 0 Å². The average molecular weight is 338 g/mol. The first-order valence-electron chi connectivity index (χ1n) is 6.92. The normalized spacial score (nSPS) is 12.7. The van der Waals surface area contributed by atoms with Gasteiger partial charge in [0.05, 0.1) is 21.6 Å². The lowest BCUT2D eigenvalue weighted by Crippen LogP contribution is -2.10. The molecule has 0 aliphatic rings. The van der Waals surface area contributed by atoms with Crippen LogP contribution in [0.5, 0.6) is 0 Å². The Labute approximate surface area is 128 Å². The molecular formula is C15H20BrN3O. The van der Waals surface area contributed by atoms with Crippen LogP contribution in [-0.2, 0) is 19.4 Å². The van der Waals surface area contributed by atoms with Gasteiger partial charge in [0.15, 0.2) is 0 Å². The van der Waals surface area contributed by atoms with Gasteiger partial charge in [-0.1, -0.05) is 13.0 Å². The first-order valence-corrected chi connectivity index (χ1v) is 7.71. The Morgan fingerprint density at radius 2 is 2.10 bits per heavy atom. The third-order valence-corrected chi connectivity index (χ3v) is 4.25. The van der Waals surface area contributed by atoms with Crippen LogP contribution in [0.15, 0.2) is 22.7 Å². The molecule has 1 N–H and O–H groups in total. The summed E-state index contributed by atoms with van der Waals surface area (Å²) in [5.74, 6) is 0. The molecule has 0 saturated carbocycles. The van der Waals surface area contributed by atoms with E-state index in [1.165, 1.54) is 0 Å². The highest BCUT2D eigenvalue weighted by Crippen LogP contribution is 2.26. The van der Waals surface area contributed by atoms with Gasteiger partial charge in [-0.15, -0.1) is 0 Å². The Balaban J connectivity index is 2.27. The number of nitrogens with zero attached hydrogens (tertiary/aromatic N) is 3. The van der Waals surface area contributed by atoms with Gasteiger partial charge < -0.3 is 5.11 Å². The molecule has 5 heteroatoms. The van der Waals surface area contributed by atoms with Gasteiger partial charge in [-0.2, -0.15) is 5.10 Å². The quantitative estimate of drug-likeness (QED) is 0.911. The molecule has 2 heterocycles. The van der Waals surface area contributed by atoms with Crippen LogP contribution in [0.3, 0.4) is 0 Å². The van der Waals surface area contributed by atoms with E-state index in [2.05, 4.69) is 39.9 Å². The summed E-state index contributed by atoms with van der Waals surface area (Å²) in [6.45, 7) is 6.86. The second-order valence-corrected chi connectivity index (χ2v) is 5.59. The zero-order valence-electron chi connectivity index (χ0n) is 12.1. The molecule has 0 aliphatic carbocycles. The molecule has 0 bridgehead atoms. The Bertz CT molecular complexity index is 595. The summed E-state index contributed by atoms with van der Waals surface area (Å²) in [6.07, 6.45) is 0.773. The monoisotopic (exact) mass is 337 g/mol. The smallest absolute Gasteiger partial charge is 0.101 e. The largest absolute Gasteiger partial charge is 0.386 e. The lowest BCUT2D eigenvalue weighted by atomic mass is 10.1. The number of hydrogen-bond acceptors (Lipinski definition) is 3. The predicted molar refractivity (Wildman–Crippen MR) is 82.6 cm³/mol. The molecule has 0 amide bonds. The van der Waals surface area contributed by atoms with Gasteiger partial charge in [-0.05, 0) is 48.3 Å². The van der Waals surface area contributed by atoms with Gasteiger partial charge in [0.2, 0.25) is 0 Å². The summed E-state index contributed by atoms with van der Waals surface area (Å²) < 4.78 is 2.95. The summed E-state index contributed by atoms with van der Waals surface area (Å²) in [7, 11) is 0. The second-order valence-electron chi connectivity index (χ2n) is 4.80. The molecule has 1 unspecified atom stereocenters. The number of pyridine rings is 1. The molecule has 0 radical (unpaired) electrons. The number of rotatable bonds is 5. The fourth-order valence-corrected chi connectivity index (χ4v) is 2.98. The summed E-state index contributed by atoms with van der Waals surface area (Å²) in [4.78, 5) is 4.39. The van der Waals surface area contributed by atoms with Crippen LogP contribution in [0.2, 0.25) is 0 Å². The van der Waals surface area contributed by atoms with E-state index < -0.39 is 6.10 Å². The molecule has 0 saturated heterocycles. The van der Waals surface area contributed by atoms with Gasteiger partial charge in [0, 0.05) is 18.7 Å². The number of aliphatic hydroxyl groups excluding tert-OH is 1. The first kappa shape index (κ1) is 15.2. The summed E-state index contributed by atoms with van der Waals surface area (Å²) in [6, 6.07) is 5.71. The Hall–Kier alpha value is -1.20.